The van der Waals surface area contributed by atoms with E-state index in [9.17, 15) is 4.79 Å². The molecule has 1 aromatic carbocycles. The van der Waals surface area contributed by atoms with Gasteiger partial charge in [-0.25, -0.2) is 0 Å². The summed E-state index contributed by atoms with van der Waals surface area (Å²) in [5, 5.41) is 3.15. The van der Waals surface area contributed by atoms with Crippen LogP contribution in [-0.2, 0) is 9.53 Å². The van der Waals surface area contributed by atoms with E-state index in [1.807, 2.05) is 14.1 Å². The number of carbonyl (C=O) groups is 1. The Labute approximate surface area is 138 Å². The van der Waals surface area contributed by atoms with Gasteiger partial charge >= 0.3 is 0 Å². The number of benzene rings is 1. The molecular weight excluding hydrogens is 290 g/mol. The second kappa shape index (κ2) is 7.32. The number of nitrogens with one attached hydrogen (secondary N) is 1. The molecule has 0 aromatic heterocycles. The van der Waals surface area contributed by atoms with Crippen LogP contribution in [0.4, 0.5) is 5.69 Å². The Balaban J connectivity index is 1.71. The van der Waals surface area contributed by atoms with Crippen molar-refractivity contribution in [1.29, 1.82) is 0 Å². The quantitative estimate of drug-likeness (QED) is 0.866. The van der Waals surface area contributed by atoms with Crippen LogP contribution in [0.2, 0.25) is 0 Å². The van der Waals surface area contributed by atoms with Crippen LogP contribution in [0.5, 0.6) is 0 Å². The molecule has 5 nitrogen and oxygen atoms in total. The van der Waals surface area contributed by atoms with Crippen molar-refractivity contribution in [3.05, 3.63) is 29.8 Å². The van der Waals surface area contributed by atoms with Crippen molar-refractivity contribution in [1.82, 2.24) is 10.2 Å². The van der Waals surface area contributed by atoms with Crippen molar-refractivity contribution in [2.75, 3.05) is 51.8 Å². The standard InChI is InChI=1S/C18H27N3O2/c1-20(2)16-7-5-14(6-8-16)17(21-9-11-23-12-10-21)13-19-18(22)15-3-4-15/h5-8,15,17H,3-4,9-13H2,1-2H3,(H,19,22)/t17-/m1/s1. The number of carbonyl (C=O) groups excluding carboxylic acids is 1. The lowest BCUT2D eigenvalue weighted by atomic mass is 10.0. The fourth-order valence-electron chi connectivity index (χ4n) is 3.03. The van der Waals surface area contributed by atoms with Gasteiger partial charge in [-0.15, -0.1) is 0 Å². The molecule has 1 amide bonds. The Hall–Kier alpha value is -1.59. The number of anilines is 1. The van der Waals surface area contributed by atoms with Crippen molar-refractivity contribution in [3.63, 3.8) is 0 Å². The molecule has 1 atom stereocenters. The summed E-state index contributed by atoms with van der Waals surface area (Å²) in [6.45, 7) is 4.04. The van der Waals surface area contributed by atoms with E-state index in [1.54, 1.807) is 0 Å². The Morgan fingerprint density at radius 2 is 1.91 bits per heavy atom. The number of nitrogens with zero attached hydrogens (tertiary/aromatic N) is 2. The fraction of sp³-hybridized carbons (Fsp3) is 0.611. The molecule has 0 unspecified atom stereocenters. The smallest absolute Gasteiger partial charge is 0.223 e. The Bertz CT molecular complexity index is 520. The number of morpholine rings is 1. The third-order valence-corrected chi connectivity index (χ3v) is 4.70. The molecule has 1 N–H and O–H groups in total. The highest BCUT2D eigenvalue weighted by atomic mass is 16.5. The van der Waals surface area contributed by atoms with E-state index in [2.05, 4.69) is 39.4 Å². The normalized spacial score (nSPS) is 20.1. The molecule has 1 saturated carbocycles. The molecule has 1 aliphatic carbocycles. The first-order chi connectivity index (χ1) is 11.1. The molecule has 1 aromatic rings. The summed E-state index contributed by atoms with van der Waals surface area (Å²) in [6.07, 6.45) is 2.09. The average Bonchev–Trinajstić information content (AvgIpc) is 3.41. The van der Waals surface area contributed by atoms with Crippen molar-refractivity contribution in [3.8, 4) is 0 Å². The molecule has 1 saturated heterocycles. The number of rotatable bonds is 6. The summed E-state index contributed by atoms with van der Waals surface area (Å²) < 4.78 is 5.47. The van der Waals surface area contributed by atoms with Crippen molar-refractivity contribution in [2.45, 2.75) is 18.9 Å². The third kappa shape index (κ3) is 4.24. The molecule has 0 radical (unpaired) electrons. The summed E-state index contributed by atoms with van der Waals surface area (Å²) in [7, 11) is 4.09. The van der Waals surface area contributed by atoms with E-state index in [0.717, 1.165) is 39.1 Å². The van der Waals surface area contributed by atoms with Gasteiger partial charge in [0, 0.05) is 45.3 Å². The van der Waals surface area contributed by atoms with Gasteiger partial charge in [-0.2, -0.15) is 0 Å². The fourth-order valence-corrected chi connectivity index (χ4v) is 3.03. The van der Waals surface area contributed by atoms with Crippen LogP contribution in [0, 0.1) is 5.92 Å². The topological polar surface area (TPSA) is 44.8 Å². The minimum Gasteiger partial charge on any atom is -0.379 e. The van der Waals surface area contributed by atoms with Crippen LogP contribution in [-0.4, -0.2) is 57.8 Å². The minimum absolute atomic E-state index is 0.216. The lowest BCUT2D eigenvalue weighted by molar-refractivity contribution is -0.122. The van der Waals surface area contributed by atoms with Gasteiger partial charge in [0.25, 0.3) is 0 Å². The van der Waals surface area contributed by atoms with Gasteiger partial charge in [0.2, 0.25) is 5.91 Å². The van der Waals surface area contributed by atoms with Crippen LogP contribution in [0.3, 0.4) is 0 Å². The van der Waals surface area contributed by atoms with Gasteiger partial charge in [0.15, 0.2) is 0 Å². The molecule has 126 valence electrons. The SMILES string of the molecule is CN(C)c1ccc([C@@H](CNC(=O)C2CC2)N2CCOCC2)cc1. The van der Waals surface area contributed by atoms with Gasteiger partial charge in [-0.3, -0.25) is 9.69 Å². The zero-order valence-electron chi connectivity index (χ0n) is 14.1. The van der Waals surface area contributed by atoms with Crippen LogP contribution in [0.25, 0.3) is 0 Å². The highest BCUT2D eigenvalue weighted by Gasteiger charge is 2.31. The summed E-state index contributed by atoms with van der Waals surface area (Å²) in [5.74, 6) is 0.477. The number of amides is 1. The second-order valence-electron chi connectivity index (χ2n) is 6.67. The lowest BCUT2D eigenvalue weighted by Crippen LogP contribution is -2.44. The third-order valence-electron chi connectivity index (χ3n) is 4.70. The van der Waals surface area contributed by atoms with Crippen molar-refractivity contribution in [2.24, 2.45) is 5.92 Å². The lowest BCUT2D eigenvalue weighted by Gasteiger charge is -2.35. The van der Waals surface area contributed by atoms with E-state index in [-0.39, 0.29) is 17.9 Å². The maximum absolute atomic E-state index is 12.0. The highest BCUT2D eigenvalue weighted by Crippen LogP contribution is 2.29. The van der Waals surface area contributed by atoms with Crippen molar-refractivity contribution >= 4 is 11.6 Å². The van der Waals surface area contributed by atoms with E-state index in [0.29, 0.717) is 6.54 Å². The first-order valence-electron chi connectivity index (χ1n) is 8.52. The molecule has 3 rings (SSSR count). The molecule has 2 aliphatic rings. The Morgan fingerprint density at radius 1 is 1.26 bits per heavy atom. The van der Waals surface area contributed by atoms with Gasteiger partial charge < -0.3 is 15.0 Å². The molecule has 23 heavy (non-hydrogen) atoms. The average molecular weight is 317 g/mol. The minimum atomic E-state index is 0.216. The maximum Gasteiger partial charge on any atom is 0.223 e. The Morgan fingerprint density at radius 3 is 2.48 bits per heavy atom. The maximum atomic E-state index is 12.0. The summed E-state index contributed by atoms with van der Waals surface area (Å²) in [6, 6.07) is 8.87. The second-order valence-corrected chi connectivity index (χ2v) is 6.67. The molecule has 0 bridgehead atoms. The molecule has 0 spiro atoms. The molecule has 5 heteroatoms. The Kier molecular flexibility index (Phi) is 5.18. The predicted octanol–water partition coefficient (Wildman–Crippen LogP) is 1.65. The van der Waals surface area contributed by atoms with Crippen LogP contribution in [0.15, 0.2) is 24.3 Å². The van der Waals surface area contributed by atoms with E-state index in [4.69, 9.17) is 4.74 Å². The number of ether oxygens (including phenoxy) is 1. The van der Waals surface area contributed by atoms with Crippen molar-refractivity contribution < 1.29 is 9.53 Å². The van der Waals surface area contributed by atoms with E-state index >= 15 is 0 Å². The van der Waals surface area contributed by atoms with Gasteiger partial charge in [-0.05, 0) is 30.5 Å². The van der Waals surface area contributed by atoms with E-state index < -0.39 is 0 Å². The van der Waals surface area contributed by atoms with Crippen LogP contribution >= 0.6 is 0 Å². The monoisotopic (exact) mass is 317 g/mol. The zero-order chi connectivity index (χ0) is 16.2. The van der Waals surface area contributed by atoms with Gasteiger partial charge in [0.05, 0.1) is 19.3 Å². The molecule has 2 fully saturated rings. The van der Waals surface area contributed by atoms with Crippen LogP contribution < -0.4 is 10.2 Å². The van der Waals surface area contributed by atoms with Gasteiger partial charge in [0.1, 0.15) is 0 Å². The van der Waals surface area contributed by atoms with Crippen LogP contribution in [0.1, 0.15) is 24.4 Å². The molecule has 1 heterocycles. The number of hydrogen-bond donors (Lipinski definition) is 1. The molecule has 1 aliphatic heterocycles. The first-order valence-corrected chi connectivity index (χ1v) is 8.52. The number of hydrogen-bond acceptors (Lipinski definition) is 4. The first kappa shape index (κ1) is 16.3. The van der Waals surface area contributed by atoms with E-state index in [1.165, 1.54) is 11.3 Å². The summed E-state index contributed by atoms with van der Waals surface area (Å²) in [4.78, 5) is 16.5. The highest BCUT2D eigenvalue weighted by molar-refractivity contribution is 5.80. The largest absolute Gasteiger partial charge is 0.379 e. The molecular formula is C18H27N3O2. The predicted molar refractivity (Wildman–Crippen MR) is 91.6 cm³/mol. The van der Waals surface area contributed by atoms with Gasteiger partial charge in [-0.1, -0.05) is 12.1 Å². The summed E-state index contributed by atoms with van der Waals surface area (Å²) >= 11 is 0. The zero-order valence-corrected chi connectivity index (χ0v) is 14.1. The summed E-state index contributed by atoms with van der Waals surface area (Å²) in [5.41, 5.74) is 2.45.